The number of nitro groups is 1. The molecule has 31 heavy (non-hydrogen) atoms. The van der Waals surface area contributed by atoms with Crippen LogP contribution in [0.25, 0.3) is 0 Å². The molecule has 2 heterocycles. The van der Waals surface area contributed by atoms with Gasteiger partial charge in [-0.25, -0.2) is 0 Å². The summed E-state index contributed by atoms with van der Waals surface area (Å²) in [5, 5.41) is 14.6. The molecule has 0 unspecified atom stereocenters. The van der Waals surface area contributed by atoms with Crippen molar-refractivity contribution in [2.45, 2.75) is 13.1 Å². The highest BCUT2D eigenvalue weighted by molar-refractivity contribution is 5.94. The predicted octanol–water partition coefficient (Wildman–Crippen LogP) is -0.198. The van der Waals surface area contributed by atoms with Gasteiger partial charge in [0, 0.05) is 38.3 Å². The molecule has 0 N–H and O–H groups in total. The molecule has 3 aromatic rings. The molecule has 1 aliphatic rings. The molecule has 0 saturated carbocycles. The van der Waals surface area contributed by atoms with Crippen molar-refractivity contribution in [3.8, 4) is 0 Å². The van der Waals surface area contributed by atoms with Crippen LogP contribution in [0.5, 0.6) is 0 Å². The predicted molar refractivity (Wildman–Crippen MR) is 112 cm³/mol. The van der Waals surface area contributed by atoms with Crippen LogP contribution in [0.2, 0.25) is 0 Å². The van der Waals surface area contributed by atoms with Gasteiger partial charge in [0.1, 0.15) is 0 Å². The second-order valence-corrected chi connectivity index (χ2v) is 7.38. The smallest absolute Gasteiger partial charge is 0.389 e. The van der Waals surface area contributed by atoms with Crippen molar-refractivity contribution in [1.82, 2.24) is 19.6 Å². The average Bonchev–Trinajstić information content (AvgIpc) is 3.24. The van der Waals surface area contributed by atoms with E-state index in [1.165, 1.54) is 16.3 Å². The number of rotatable bonds is 6. The Morgan fingerprint density at radius 3 is 2.16 bits per heavy atom. The van der Waals surface area contributed by atoms with Crippen molar-refractivity contribution >= 4 is 11.7 Å². The average molecular weight is 441 g/mol. The number of hydrogen-bond acceptors (Lipinski definition) is 5. The molecule has 1 aromatic heterocycles. The van der Waals surface area contributed by atoms with Gasteiger partial charge >= 0.3 is 5.82 Å². The maximum Gasteiger partial charge on any atom is 0.389 e. The largest absolute Gasteiger partial charge is 1.00 e. The summed E-state index contributed by atoms with van der Waals surface area (Å²) in [4.78, 5) is 27.3. The van der Waals surface area contributed by atoms with Gasteiger partial charge in [-0.3, -0.25) is 9.69 Å². The maximum absolute atomic E-state index is 12.8. The fourth-order valence-electron chi connectivity index (χ4n) is 3.61. The second-order valence-electron chi connectivity index (χ2n) is 7.38. The van der Waals surface area contributed by atoms with Gasteiger partial charge < -0.3 is 27.4 Å². The van der Waals surface area contributed by atoms with Crippen LogP contribution in [-0.4, -0.2) is 56.6 Å². The van der Waals surface area contributed by atoms with E-state index >= 15 is 0 Å². The number of carbonyl (C=O) groups excluding carboxylic acids is 1. The summed E-state index contributed by atoms with van der Waals surface area (Å²) in [7, 11) is 0. The van der Waals surface area contributed by atoms with Gasteiger partial charge in [-0.2, -0.15) is 4.68 Å². The number of benzene rings is 2. The summed E-state index contributed by atoms with van der Waals surface area (Å²) in [5.74, 6) is -0.135. The van der Waals surface area contributed by atoms with Gasteiger partial charge in [-0.15, -0.1) is 0 Å². The van der Waals surface area contributed by atoms with Crippen molar-refractivity contribution in [1.29, 1.82) is 0 Å². The van der Waals surface area contributed by atoms with E-state index in [4.69, 9.17) is 0 Å². The molecule has 9 heteroatoms. The van der Waals surface area contributed by atoms with Crippen LogP contribution in [0.4, 0.5) is 5.82 Å². The highest BCUT2D eigenvalue weighted by Gasteiger charge is 2.22. The van der Waals surface area contributed by atoms with Crippen molar-refractivity contribution in [2.24, 2.45) is 0 Å². The molecular weight excluding hydrogens is 418 g/mol. The molecule has 0 radical (unpaired) electrons. The van der Waals surface area contributed by atoms with E-state index in [9.17, 15) is 14.9 Å². The first-order chi connectivity index (χ1) is 14.6. The van der Waals surface area contributed by atoms with E-state index in [2.05, 4.69) is 22.1 Å². The first-order valence-electron chi connectivity index (χ1n) is 9.91. The van der Waals surface area contributed by atoms with Crippen LogP contribution in [-0.2, 0) is 13.1 Å². The molecule has 1 aliphatic heterocycles. The minimum atomic E-state index is -0.516. The zero-order valence-corrected chi connectivity index (χ0v) is 17.7. The molecule has 0 spiro atoms. The summed E-state index contributed by atoms with van der Waals surface area (Å²) < 4.78 is 1.51. The third kappa shape index (κ3) is 5.68. The van der Waals surface area contributed by atoms with Crippen molar-refractivity contribution < 1.29 is 22.1 Å². The lowest BCUT2D eigenvalue weighted by Crippen LogP contribution is -3.00. The molecule has 0 aliphatic carbocycles. The number of piperazine rings is 1. The summed E-state index contributed by atoms with van der Waals surface area (Å²) in [6.45, 7) is 4.46. The number of amides is 1. The first kappa shape index (κ1) is 22.5. The molecule has 4 rings (SSSR count). The van der Waals surface area contributed by atoms with E-state index in [0.29, 0.717) is 25.2 Å². The molecule has 1 fully saturated rings. The minimum Gasteiger partial charge on any atom is -1.00 e. The van der Waals surface area contributed by atoms with E-state index in [1.54, 1.807) is 6.20 Å². The summed E-state index contributed by atoms with van der Waals surface area (Å²) in [6.07, 6.45) is 1.58. The quantitative estimate of drug-likeness (QED) is 0.391. The van der Waals surface area contributed by atoms with Gasteiger partial charge in [0.25, 0.3) is 5.91 Å². The van der Waals surface area contributed by atoms with Crippen LogP contribution in [0.15, 0.2) is 66.9 Å². The number of hydrogen-bond donors (Lipinski definition) is 0. The van der Waals surface area contributed by atoms with Crippen molar-refractivity contribution in [2.75, 3.05) is 26.2 Å². The van der Waals surface area contributed by atoms with Crippen LogP contribution >= 0.6 is 0 Å². The number of halogens is 1. The zero-order chi connectivity index (χ0) is 20.9. The normalized spacial score (nSPS) is 14.1. The van der Waals surface area contributed by atoms with E-state index in [1.807, 2.05) is 47.4 Å². The Kier molecular flexibility index (Phi) is 7.38. The molecule has 2 aromatic carbocycles. The summed E-state index contributed by atoms with van der Waals surface area (Å²) in [5.41, 5.74) is 2.87. The Balaban J connectivity index is 0.00000272. The van der Waals surface area contributed by atoms with Crippen LogP contribution in [0, 0.1) is 10.1 Å². The Labute approximate surface area is 186 Å². The minimum absolute atomic E-state index is 0. The lowest BCUT2D eigenvalue weighted by Gasteiger charge is -2.34. The fraction of sp³-hybridized carbons (Fsp3) is 0.273. The highest BCUT2D eigenvalue weighted by Crippen LogP contribution is 2.14. The van der Waals surface area contributed by atoms with Gasteiger partial charge in [-0.05, 0) is 28.2 Å². The molecule has 0 atom stereocenters. The molecule has 8 nitrogen and oxygen atoms in total. The molecule has 0 bridgehead atoms. The van der Waals surface area contributed by atoms with Crippen molar-refractivity contribution in [3.63, 3.8) is 0 Å². The fourth-order valence-corrected chi connectivity index (χ4v) is 3.61. The monoisotopic (exact) mass is 440 g/mol. The van der Waals surface area contributed by atoms with Gasteiger partial charge in [0.05, 0.1) is 23.9 Å². The van der Waals surface area contributed by atoms with E-state index < -0.39 is 4.92 Å². The Morgan fingerprint density at radius 1 is 0.903 bits per heavy atom. The van der Waals surface area contributed by atoms with E-state index in [0.717, 1.165) is 25.2 Å². The summed E-state index contributed by atoms with van der Waals surface area (Å²) in [6, 6.07) is 19.1. The zero-order valence-electron chi connectivity index (χ0n) is 16.9. The van der Waals surface area contributed by atoms with Crippen molar-refractivity contribution in [3.05, 3.63) is 93.7 Å². The van der Waals surface area contributed by atoms with Gasteiger partial charge in [0.15, 0.2) is 0 Å². The highest BCUT2D eigenvalue weighted by atomic mass is 35.5. The van der Waals surface area contributed by atoms with Gasteiger partial charge in [0.2, 0.25) is 0 Å². The third-order valence-electron chi connectivity index (χ3n) is 5.27. The molecule has 1 saturated heterocycles. The lowest BCUT2D eigenvalue weighted by molar-refractivity contribution is -0.389. The van der Waals surface area contributed by atoms with Gasteiger partial charge in [-0.1, -0.05) is 42.5 Å². The van der Waals surface area contributed by atoms with Crippen LogP contribution < -0.4 is 12.4 Å². The van der Waals surface area contributed by atoms with E-state index in [-0.39, 0.29) is 24.1 Å². The molecule has 1 amide bonds. The van der Waals surface area contributed by atoms with Crippen LogP contribution in [0.3, 0.4) is 0 Å². The number of aromatic nitrogens is 2. The second kappa shape index (κ2) is 10.2. The third-order valence-corrected chi connectivity index (χ3v) is 5.27. The Morgan fingerprint density at radius 2 is 1.55 bits per heavy atom. The maximum atomic E-state index is 12.8. The Hall–Kier alpha value is -3.23. The SMILES string of the molecule is O=C(c1ccc(Cn2ccc([N+](=O)[O-])n2)cc1)N1CCN(Cc2ccccc2)CC1.[Cl-]. The topological polar surface area (TPSA) is 84.5 Å². The molecule has 162 valence electrons. The Bertz CT molecular complexity index is 1020. The summed E-state index contributed by atoms with van der Waals surface area (Å²) >= 11 is 0. The number of carbonyl (C=O) groups is 1. The number of nitrogens with zero attached hydrogens (tertiary/aromatic N) is 5. The lowest BCUT2D eigenvalue weighted by atomic mass is 10.1. The standard InChI is InChI=1S/C22H23N5O3.ClH/c28-22(25-14-12-24(13-15-25)16-18-4-2-1-3-5-18)20-8-6-19(7-9-20)17-26-11-10-21(23-26)27(29)30;/h1-11H,12-17H2;1H/p-1. The molecular formula is C22H23ClN5O3-. The van der Waals surface area contributed by atoms with Crippen LogP contribution in [0.1, 0.15) is 21.5 Å². The first-order valence-corrected chi connectivity index (χ1v) is 9.91.